The average Bonchev–Trinajstić information content (AvgIpc) is 2.46. The van der Waals surface area contributed by atoms with Gasteiger partial charge in [-0.25, -0.2) is 4.98 Å². The van der Waals surface area contributed by atoms with Gasteiger partial charge in [0.25, 0.3) is 5.56 Å². The van der Waals surface area contributed by atoms with Crippen LogP contribution < -0.4 is 11.0 Å². The molecule has 104 valence electrons. The van der Waals surface area contributed by atoms with Crippen molar-refractivity contribution in [1.82, 2.24) is 9.97 Å². The molecule has 0 radical (unpaired) electrons. The summed E-state index contributed by atoms with van der Waals surface area (Å²) in [5.74, 6) is 0.237. The van der Waals surface area contributed by atoms with Crippen LogP contribution in [0.5, 0.6) is 0 Å². The SMILES string of the molecule is O=c1[nH]c2ccccc2nc1N/N=C1\CCCCC1Br. The number of aromatic nitrogens is 2. The largest absolute Gasteiger partial charge is 0.317 e. The maximum Gasteiger partial charge on any atom is 0.293 e. The lowest BCUT2D eigenvalue weighted by Gasteiger charge is -2.18. The van der Waals surface area contributed by atoms with E-state index in [9.17, 15) is 4.79 Å². The summed E-state index contributed by atoms with van der Waals surface area (Å²) in [5, 5.41) is 4.34. The summed E-state index contributed by atoms with van der Waals surface area (Å²) in [5.41, 5.74) is 5.07. The third-order valence-electron chi connectivity index (χ3n) is 3.41. The van der Waals surface area contributed by atoms with E-state index in [0.717, 1.165) is 36.0 Å². The minimum atomic E-state index is -0.255. The molecular weight excluding hydrogens is 320 g/mol. The normalized spacial score (nSPS) is 21.2. The number of hydrazone groups is 1. The molecule has 2 aromatic rings. The molecule has 0 amide bonds. The van der Waals surface area contributed by atoms with E-state index in [1.54, 1.807) is 0 Å². The van der Waals surface area contributed by atoms with Gasteiger partial charge in [0, 0.05) is 0 Å². The van der Waals surface area contributed by atoms with Crippen molar-refractivity contribution in [2.24, 2.45) is 5.10 Å². The third-order valence-corrected chi connectivity index (χ3v) is 4.39. The van der Waals surface area contributed by atoms with Crippen molar-refractivity contribution >= 4 is 38.5 Å². The van der Waals surface area contributed by atoms with Crippen LogP contribution >= 0.6 is 15.9 Å². The van der Waals surface area contributed by atoms with E-state index < -0.39 is 0 Å². The van der Waals surface area contributed by atoms with E-state index in [-0.39, 0.29) is 11.4 Å². The van der Waals surface area contributed by atoms with E-state index in [0.29, 0.717) is 4.83 Å². The highest BCUT2D eigenvalue weighted by molar-refractivity contribution is 9.10. The van der Waals surface area contributed by atoms with Crippen molar-refractivity contribution < 1.29 is 0 Å². The molecule has 1 aromatic carbocycles. The van der Waals surface area contributed by atoms with Gasteiger partial charge in [-0.1, -0.05) is 34.5 Å². The molecule has 1 aromatic heterocycles. The smallest absolute Gasteiger partial charge is 0.293 e. The zero-order valence-electron chi connectivity index (χ0n) is 10.9. The monoisotopic (exact) mass is 334 g/mol. The lowest BCUT2D eigenvalue weighted by molar-refractivity contribution is 0.678. The molecular formula is C14H15BrN4O. The number of alkyl halides is 1. The number of halogens is 1. The van der Waals surface area contributed by atoms with Gasteiger partial charge in [0.05, 0.1) is 21.6 Å². The van der Waals surface area contributed by atoms with E-state index in [4.69, 9.17) is 0 Å². The minimum absolute atomic E-state index is 0.237. The summed E-state index contributed by atoms with van der Waals surface area (Å²) >= 11 is 3.61. The number of nitrogens with one attached hydrogen (secondary N) is 2. The molecule has 0 bridgehead atoms. The molecule has 1 saturated carbocycles. The molecule has 0 aliphatic heterocycles. The second-order valence-corrected chi connectivity index (χ2v) is 5.97. The molecule has 1 aliphatic rings. The molecule has 5 nitrogen and oxygen atoms in total. The number of nitrogens with zero attached hydrogens (tertiary/aromatic N) is 2. The molecule has 1 atom stereocenters. The molecule has 0 spiro atoms. The summed E-state index contributed by atoms with van der Waals surface area (Å²) in [6.45, 7) is 0. The van der Waals surface area contributed by atoms with Gasteiger partial charge in [0.15, 0.2) is 0 Å². The van der Waals surface area contributed by atoms with Crippen LogP contribution in [0.25, 0.3) is 11.0 Å². The maximum atomic E-state index is 11.9. The lowest BCUT2D eigenvalue weighted by atomic mass is 9.99. The van der Waals surface area contributed by atoms with Crippen molar-refractivity contribution in [3.63, 3.8) is 0 Å². The van der Waals surface area contributed by atoms with Gasteiger partial charge in [-0.15, -0.1) is 0 Å². The molecule has 2 N–H and O–H groups in total. The Kier molecular flexibility index (Phi) is 3.82. The number of hydrogen-bond acceptors (Lipinski definition) is 4. The summed E-state index contributed by atoms with van der Waals surface area (Å²) in [4.78, 5) is 19.3. The quantitative estimate of drug-likeness (QED) is 0.655. The highest BCUT2D eigenvalue weighted by Crippen LogP contribution is 2.22. The predicted octanol–water partition coefficient (Wildman–Crippen LogP) is 3.03. The summed E-state index contributed by atoms with van der Waals surface area (Å²) in [7, 11) is 0. The molecule has 1 fully saturated rings. The first kappa shape index (κ1) is 13.3. The first-order valence-corrected chi connectivity index (χ1v) is 7.61. The Labute approximate surface area is 124 Å². The zero-order chi connectivity index (χ0) is 13.9. The minimum Gasteiger partial charge on any atom is -0.317 e. The molecule has 3 rings (SSSR count). The van der Waals surface area contributed by atoms with E-state index >= 15 is 0 Å². The number of aromatic amines is 1. The van der Waals surface area contributed by atoms with E-state index in [1.807, 2.05) is 24.3 Å². The Balaban J connectivity index is 1.89. The Morgan fingerprint density at radius 2 is 2.20 bits per heavy atom. The van der Waals surface area contributed by atoms with Crippen molar-refractivity contribution in [3.05, 3.63) is 34.6 Å². The predicted molar refractivity (Wildman–Crippen MR) is 84.6 cm³/mol. The van der Waals surface area contributed by atoms with Gasteiger partial charge < -0.3 is 4.98 Å². The van der Waals surface area contributed by atoms with Crippen LogP contribution in [0.2, 0.25) is 0 Å². The topological polar surface area (TPSA) is 70.1 Å². The van der Waals surface area contributed by atoms with E-state index in [2.05, 4.69) is 36.4 Å². The number of fused-ring (bicyclic) bond motifs is 1. The summed E-state index contributed by atoms with van der Waals surface area (Å²) < 4.78 is 0. The average molecular weight is 335 g/mol. The zero-order valence-corrected chi connectivity index (χ0v) is 12.5. The summed E-state index contributed by atoms with van der Waals surface area (Å²) in [6, 6.07) is 7.44. The first-order valence-electron chi connectivity index (χ1n) is 6.69. The Morgan fingerprint density at radius 3 is 3.05 bits per heavy atom. The van der Waals surface area contributed by atoms with Crippen molar-refractivity contribution in [1.29, 1.82) is 0 Å². The molecule has 1 heterocycles. The fraction of sp³-hybridized carbons (Fsp3) is 0.357. The number of rotatable bonds is 2. The van der Waals surface area contributed by atoms with Crippen LogP contribution in [0.15, 0.2) is 34.2 Å². The van der Waals surface area contributed by atoms with Gasteiger partial charge in [-0.2, -0.15) is 5.10 Å². The Bertz CT molecular complexity index is 710. The van der Waals surface area contributed by atoms with Crippen LogP contribution in [0, 0.1) is 0 Å². The number of anilines is 1. The lowest BCUT2D eigenvalue weighted by Crippen LogP contribution is -2.21. The second kappa shape index (κ2) is 5.75. The van der Waals surface area contributed by atoms with Crippen LogP contribution in [0.4, 0.5) is 5.82 Å². The molecule has 20 heavy (non-hydrogen) atoms. The van der Waals surface area contributed by atoms with Gasteiger partial charge in [0.1, 0.15) is 0 Å². The summed E-state index contributed by atoms with van der Waals surface area (Å²) in [6.07, 6.45) is 4.39. The molecule has 6 heteroatoms. The maximum absolute atomic E-state index is 11.9. The van der Waals surface area contributed by atoms with Crippen LogP contribution in [0.1, 0.15) is 25.7 Å². The number of hydrogen-bond donors (Lipinski definition) is 2. The van der Waals surface area contributed by atoms with Crippen molar-refractivity contribution in [3.8, 4) is 0 Å². The molecule has 1 unspecified atom stereocenters. The molecule has 1 aliphatic carbocycles. The Morgan fingerprint density at radius 1 is 1.35 bits per heavy atom. The second-order valence-electron chi connectivity index (χ2n) is 4.86. The van der Waals surface area contributed by atoms with Gasteiger partial charge in [-0.05, 0) is 31.4 Å². The highest BCUT2D eigenvalue weighted by atomic mass is 79.9. The van der Waals surface area contributed by atoms with Crippen LogP contribution in [-0.4, -0.2) is 20.5 Å². The third kappa shape index (κ3) is 2.75. The van der Waals surface area contributed by atoms with Gasteiger partial charge in [-0.3, -0.25) is 10.2 Å². The van der Waals surface area contributed by atoms with Gasteiger partial charge >= 0.3 is 0 Å². The van der Waals surface area contributed by atoms with Crippen molar-refractivity contribution in [2.45, 2.75) is 30.5 Å². The van der Waals surface area contributed by atoms with E-state index in [1.165, 1.54) is 6.42 Å². The standard InChI is InChI=1S/C14H15BrN4O/c15-9-5-1-2-6-10(9)18-19-13-14(20)17-12-8-4-3-7-11(12)16-13/h3-4,7-9H,1-2,5-6H2,(H,16,19)(H,17,20)/b18-10+. The van der Waals surface area contributed by atoms with Crippen LogP contribution in [-0.2, 0) is 0 Å². The highest BCUT2D eigenvalue weighted by Gasteiger charge is 2.17. The fourth-order valence-electron chi connectivity index (χ4n) is 2.31. The number of H-pyrrole nitrogens is 1. The van der Waals surface area contributed by atoms with Gasteiger partial charge in [0.2, 0.25) is 5.82 Å². The number of para-hydroxylation sites is 2. The first-order chi connectivity index (χ1) is 9.74. The fourth-order valence-corrected chi connectivity index (χ4v) is 2.96. The van der Waals surface area contributed by atoms with Crippen LogP contribution in [0.3, 0.4) is 0 Å². The molecule has 0 saturated heterocycles. The Hall–Kier alpha value is -1.69. The number of benzene rings is 1. The van der Waals surface area contributed by atoms with Crippen molar-refractivity contribution in [2.75, 3.05) is 5.43 Å².